The topological polar surface area (TPSA) is 26.3 Å². The van der Waals surface area contributed by atoms with E-state index in [0.29, 0.717) is 18.9 Å². The third-order valence-corrected chi connectivity index (χ3v) is 6.89. The molecular formula is C23H42O2. The highest BCUT2D eigenvalue weighted by atomic mass is 16.5. The molecule has 0 N–H and O–H groups in total. The largest absolute Gasteiger partial charge is 0.466 e. The van der Waals surface area contributed by atoms with Gasteiger partial charge in [-0.1, -0.05) is 84.0 Å². The second-order valence-corrected chi connectivity index (χ2v) is 8.86. The molecule has 2 rings (SSSR count). The first-order valence-corrected chi connectivity index (χ1v) is 11.4. The number of rotatable bonds is 10. The van der Waals surface area contributed by atoms with Crippen molar-refractivity contribution in [2.45, 2.75) is 110 Å². The molecule has 0 aliphatic heterocycles. The molecule has 25 heavy (non-hydrogen) atoms. The first-order valence-electron chi connectivity index (χ1n) is 11.4. The van der Waals surface area contributed by atoms with Gasteiger partial charge in [-0.2, -0.15) is 0 Å². The maximum atomic E-state index is 11.6. The van der Waals surface area contributed by atoms with E-state index in [1.54, 1.807) is 0 Å². The van der Waals surface area contributed by atoms with Gasteiger partial charge >= 0.3 is 5.97 Å². The van der Waals surface area contributed by atoms with E-state index in [1.807, 2.05) is 6.92 Å². The summed E-state index contributed by atoms with van der Waals surface area (Å²) < 4.78 is 5.10. The molecule has 2 aliphatic rings. The number of carbonyl (C=O) groups excluding carboxylic acids is 1. The van der Waals surface area contributed by atoms with Crippen LogP contribution in [0.4, 0.5) is 0 Å². The normalized spacial score (nSPS) is 30.2. The molecule has 2 nitrogen and oxygen atoms in total. The maximum Gasteiger partial charge on any atom is 0.306 e. The summed E-state index contributed by atoms with van der Waals surface area (Å²) in [5, 5.41) is 0. The highest BCUT2D eigenvalue weighted by Crippen LogP contribution is 2.38. The third kappa shape index (κ3) is 8.13. The van der Waals surface area contributed by atoms with Crippen LogP contribution in [0.15, 0.2) is 0 Å². The Labute approximate surface area is 156 Å². The van der Waals surface area contributed by atoms with Gasteiger partial charge in [0.05, 0.1) is 6.61 Å². The van der Waals surface area contributed by atoms with Crippen molar-refractivity contribution in [3.8, 4) is 0 Å². The fourth-order valence-corrected chi connectivity index (χ4v) is 5.14. The number of hydrogen-bond donors (Lipinski definition) is 0. The van der Waals surface area contributed by atoms with Crippen molar-refractivity contribution in [2.24, 2.45) is 23.7 Å². The predicted octanol–water partition coefficient (Wildman–Crippen LogP) is 6.91. The van der Waals surface area contributed by atoms with Crippen LogP contribution in [-0.4, -0.2) is 12.6 Å². The van der Waals surface area contributed by atoms with Gasteiger partial charge in [0.1, 0.15) is 0 Å². The molecule has 0 spiro atoms. The Hall–Kier alpha value is -0.530. The molecule has 0 heterocycles. The van der Waals surface area contributed by atoms with Crippen LogP contribution < -0.4 is 0 Å². The zero-order valence-electron chi connectivity index (χ0n) is 16.9. The van der Waals surface area contributed by atoms with E-state index >= 15 is 0 Å². The smallest absolute Gasteiger partial charge is 0.306 e. The molecule has 2 fully saturated rings. The molecule has 0 aromatic heterocycles. The molecule has 2 aliphatic carbocycles. The van der Waals surface area contributed by atoms with Crippen molar-refractivity contribution >= 4 is 5.97 Å². The summed E-state index contributed by atoms with van der Waals surface area (Å²) in [4.78, 5) is 11.6. The molecule has 0 atom stereocenters. The van der Waals surface area contributed by atoms with E-state index < -0.39 is 0 Å². The molecule has 0 unspecified atom stereocenters. The van der Waals surface area contributed by atoms with Crippen LogP contribution in [0.25, 0.3) is 0 Å². The Balaban J connectivity index is 1.53. The monoisotopic (exact) mass is 350 g/mol. The summed E-state index contributed by atoms with van der Waals surface area (Å²) in [6, 6.07) is 0. The number of carbonyl (C=O) groups is 1. The number of esters is 1. The van der Waals surface area contributed by atoms with Crippen LogP contribution in [0.3, 0.4) is 0 Å². The Bertz CT molecular complexity index is 349. The van der Waals surface area contributed by atoms with Crippen molar-refractivity contribution in [3.63, 3.8) is 0 Å². The van der Waals surface area contributed by atoms with Gasteiger partial charge in [-0.05, 0) is 43.4 Å². The zero-order valence-corrected chi connectivity index (χ0v) is 16.9. The molecule has 2 saturated carbocycles. The molecule has 0 radical (unpaired) electrons. The van der Waals surface area contributed by atoms with Crippen LogP contribution in [0.5, 0.6) is 0 Å². The van der Waals surface area contributed by atoms with Crippen molar-refractivity contribution in [1.82, 2.24) is 0 Å². The van der Waals surface area contributed by atoms with Gasteiger partial charge in [-0.15, -0.1) is 0 Å². The molecule has 0 aromatic rings. The summed E-state index contributed by atoms with van der Waals surface area (Å²) in [6.07, 6.45) is 20.5. The lowest BCUT2D eigenvalue weighted by molar-refractivity contribution is -0.144. The second kappa shape index (κ2) is 12.0. The number of ether oxygens (including phenoxy) is 1. The highest BCUT2D eigenvalue weighted by molar-refractivity contribution is 5.69. The lowest BCUT2D eigenvalue weighted by atomic mass is 9.74. The minimum absolute atomic E-state index is 0.0154. The first kappa shape index (κ1) is 20.8. The SMILES string of the molecule is CCCCCC1CCC(CCC2CCC(CC(=O)OCC)CC2)CC1. The summed E-state index contributed by atoms with van der Waals surface area (Å²) in [6.45, 7) is 4.73. The lowest BCUT2D eigenvalue weighted by Gasteiger charge is -2.32. The summed E-state index contributed by atoms with van der Waals surface area (Å²) in [5.74, 6) is 3.59. The lowest BCUT2D eigenvalue weighted by Crippen LogP contribution is -2.20. The minimum atomic E-state index is 0.0154. The predicted molar refractivity (Wildman–Crippen MR) is 106 cm³/mol. The molecule has 0 bridgehead atoms. The fourth-order valence-electron chi connectivity index (χ4n) is 5.14. The van der Waals surface area contributed by atoms with Crippen LogP contribution >= 0.6 is 0 Å². The van der Waals surface area contributed by atoms with Gasteiger partial charge in [0.2, 0.25) is 0 Å². The number of hydrogen-bond acceptors (Lipinski definition) is 2. The van der Waals surface area contributed by atoms with E-state index in [-0.39, 0.29) is 5.97 Å². The molecule has 0 amide bonds. The van der Waals surface area contributed by atoms with Gasteiger partial charge in [0.15, 0.2) is 0 Å². The summed E-state index contributed by atoms with van der Waals surface area (Å²) in [7, 11) is 0. The first-order chi connectivity index (χ1) is 12.2. The Morgan fingerprint density at radius 1 is 0.720 bits per heavy atom. The van der Waals surface area contributed by atoms with Gasteiger partial charge in [0.25, 0.3) is 0 Å². The van der Waals surface area contributed by atoms with Gasteiger partial charge in [0, 0.05) is 6.42 Å². The standard InChI is InChI=1S/C23H42O2/c1-3-5-6-7-19-8-10-20(11-9-19)12-13-21-14-16-22(17-15-21)18-23(24)25-4-2/h19-22H,3-18H2,1-2H3. The van der Waals surface area contributed by atoms with Gasteiger partial charge in [-0.25, -0.2) is 0 Å². The average Bonchev–Trinajstić information content (AvgIpc) is 2.63. The van der Waals surface area contributed by atoms with E-state index in [0.717, 1.165) is 17.8 Å². The van der Waals surface area contributed by atoms with E-state index in [1.165, 1.54) is 89.9 Å². The fraction of sp³-hybridized carbons (Fsp3) is 0.957. The quantitative estimate of drug-likeness (QED) is 0.316. The van der Waals surface area contributed by atoms with E-state index in [2.05, 4.69) is 6.92 Å². The maximum absolute atomic E-state index is 11.6. The van der Waals surface area contributed by atoms with Crippen molar-refractivity contribution < 1.29 is 9.53 Å². The van der Waals surface area contributed by atoms with Crippen LogP contribution in [-0.2, 0) is 9.53 Å². The van der Waals surface area contributed by atoms with Gasteiger partial charge < -0.3 is 4.74 Å². The molecular weight excluding hydrogens is 308 g/mol. The minimum Gasteiger partial charge on any atom is -0.466 e. The average molecular weight is 351 g/mol. The Morgan fingerprint density at radius 3 is 1.68 bits per heavy atom. The zero-order chi connectivity index (χ0) is 17.9. The molecule has 2 heteroatoms. The highest BCUT2D eigenvalue weighted by Gasteiger charge is 2.25. The van der Waals surface area contributed by atoms with Gasteiger partial charge in [-0.3, -0.25) is 4.79 Å². The Kier molecular flexibility index (Phi) is 9.94. The van der Waals surface area contributed by atoms with Crippen molar-refractivity contribution in [2.75, 3.05) is 6.61 Å². The summed E-state index contributed by atoms with van der Waals surface area (Å²) >= 11 is 0. The second-order valence-electron chi connectivity index (χ2n) is 8.86. The third-order valence-electron chi connectivity index (χ3n) is 6.89. The summed E-state index contributed by atoms with van der Waals surface area (Å²) in [5.41, 5.74) is 0. The number of unbranched alkanes of at least 4 members (excludes halogenated alkanes) is 2. The molecule has 146 valence electrons. The van der Waals surface area contributed by atoms with Crippen LogP contribution in [0.2, 0.25) is 0 Å². The molecule has 0 saturated heterocycles. The van der Waals surface area contributed by atoms with Crippen LogP contribution in [0, 0.1) is 23.7 Å². The van der Waals surface area contributed by atoms with E-state index in [4.69, 9.17) is 4.74 Å². The van der Waals surface area contributed by atoms with E-state index in [9.17, 15) is 4.79 Å². The molecule has 0 aromatic carbocycles. The van der Waals surface area contributed by atoms with Crippen LogP contribution in [0.1, 0.15) is 110 Å². The van der Waals surface area contributed by atoms with Crippen molar-refractivity contribution in [3.05, 3.63) is 0 Å². The Morgan fingerprint density at radius 2 is 1.20 bits per heavy atom. The van der Waals surface area contributed by atoms with Crippen molar-refractivity contribution in [1.29, 1.82) is 0 Å².